The third kappa shape index (κ3) is 6.93. The number of hydrogen-bond acceptors (Lipinski definition) is 8. The van der Waals surface area contributed by atoms with E-state index in [4.69, 9.17) is 25.6 Å². The molecule has 40 heavy (non-hydrogen) atoms. The van der Waals surface area contributed by atoms with Crippen molar-refractivity contribution in [2.24, 2.45) is 16.9 Å². The normalized spacial score (nSPS) is 19.4. The molecular formula is C31H41N5O4. The van der Waals surface area contributed by atoms with Crippen LogP contribution < -0.4 is 20.5 Å². The van der Waals surface area contributed by atoms with Crippen LogP contribution >= 0.6 is 0 Å². The Kier molecular flexibility index (Phi) is 10.4. The van der Waals surface area contributed by atoms with Crippen molar-refractivity contribution in [1.82, 2.24) is 10.3 Å². The van der Waals surface area contributed by atoms with Gasteiger partial charge in [-0.05, 0) is 68.1 Å². The van der Waals surface area contributed by atoms with Crippen molar-refractivity contribution in [2.45, 2.75) is 57.5 Å². The Hall–Kier alpha value is -3.61. The van der Waals surface area contributed by atoms with Crippen molar-refractivity contribution in [3.05, 3.63) is 53.1 Å². The number of carbonyl (C=O) groups excluding carboxylic acids is 1. The van der Waals surface area contributed by atoms with Gasteiger partial charge in [-0.3, -0.25) is 4.79 Å². The number of hydrazone groups is 1. The zero-order chi connectivity index (χ0) is 28.5. The summed E-state index contributed by atoms with van der Waals surface area (Å²) in [7, 11) is 3.26. The van der Waals surface area contributed by atoms with Crippen LogP contribution in [0.2, 0.25) is 0 Å². The summed E-state index contributed by atoms with van der Waals surface area (Å²) in [6.07, 6.45) is 7.27. The number of nitrogens with one attached hydrogen (secondary N) is 1. The summed E-state index contributed by atoms with van der Waals surface area (Å²) in [5.74, 6) is 1.65. The van der Waals surface area contributed by atoms with Crippen molar-refractivity contribution >= 4 is 17.3 Å². The molecule has 1 fully saturated rings. The zero-order valence-corrected chi connectivity index (χ0v) is 23.6. The summed E-state index contributed by atoms with van der Waals surface area (Å²) >= 11 is 0. The third-order valence-electron chi connectivity index (χ3n) is 7.99. The van der Waals surface area contributed by atoms with Gasteiger partial charge >= 0.3 is 0 Å². The average Bonchev–Trinajstić information content (AvgIpc) is 2.99. The molecule has 9 heteroatoms. The van der Waals surface area contributed by atoms with Crippen molar-refractivity contribution in [2.75, 3.05) is 39.6 Å². The molecule has 4 N–H and O–H groups in total. The smallest absolute Gasteiger partial charge is 0.246 e. The van der Waals surface area contributed by atoms with Gasteiger partial charge in [-0.1, -0.05) is 31.7 Å². The number of nitrogens with zero attached hydrogens (tertiary/aromatic N) is 3. The topological polar surface area (TPSA) is 133 Å². The van der Waals surface area contributed by atoms with Crippen LogP contribution in [0, 0.1) is 23.2 Å². The fourth-order valence-electron chi connectivity index (χ4n) is 5.73. The molecular weight excluding hydrogens is 506 g/mol. The van der Waals surface area contributed by atoms with Crippen LogP contribution in [0.25, 0.3) is 0 Å². The first-order valence-electron chi connectivity index (χ1n) is 14.3. The number of nitriles is 1. The predicted octanol–water partition coefficient (Wildman–Crippen LogP) is 4.39. The number of aliphatic hydroxyl groups excluding tert-OH is 1. The standard InChI is InChI=1S/C31H41N5O4/c1-39-28-14-12-22(18-29(28)40-2)30-24-9-5-6-10-25(24)31(38)36(35-30)16-8-4-3-7-15-34-20-27(37)21-11-13-26(33)23(17-21)19-32/h11-14,17-18,24-25,27,34,37H,3-10,15-16,20,33H2,1-2H3/t24-,25+,27?/m1/s1. The number of fused-ring (bicyclic) bond motifs is 1. The molecule has 1 aliphatic carbocycles. The van der Waals surface area contributed by atoms with Gasteiger partial charge in [0.25, 0.3) is 0 Å². The molecule has 1 saturated carbocycles. The summed E-state index contributed by atoms with van der Waals surface area (Å²) in [5, 5.41) is 29.4. The number of carbonyl (C=O) groups is 1. The van der Waals surface area contributed by atoms with E-state index >= 15 is 0 Å². The number of anilines is 1. The maximum absolute atomic E-state index is 13.3. The van der Waals surface area contributed by atoms with Gasteiger partial charge in [0.15, 0.2) is 11.5 Å². The van der Waals surface area contributed by atoms with Crippen LogP contribution in [0.15, 0.2) is 41.5 Å². The first kappa shape index (κ1) is 29.4. The summed E-state index contributed by atoms with van der Waals surface area (Å²) in [6.45, 7) is 1.81. The Morgan fingerprint density at radius 3 is 2.58 bits per heavy atom. The van der Waals surface area contributed by atoms with E-state index in [0.717, 1.165) is 69.2 Å². The second-order valence-corrected chi connectivity index (χ2v) is 10.6. The van der Waals surface area contributed by atoms with E-state index in [1.165, 1.54) is 0 Å². The highest BCUT2D eigenvalue weighted by Crippen LogP contribution is 2.39. The number of nitrogen functional groups attached to an aromatic ring is 1. The number of rotatable bonds is 13. The maximum atomic E-state index is 13.3. The predicted molar refractivity (Wildman–Crippen MR) is 155 cm³/mol. The Labute approximate surface area is 237 Å². The molecule has 1 unspecified atom stereocenters. The number of unbranched alkanes of at least 4 members (excludes halogenated alkanes) is 3. The van der Waals surface area contributed by atoms with Gasteiger partial charge in [-0.25, -0.2) is 5.01 Å². The lowest BCUT2D eigenvalue weighted by Gasteiger charge is -2.38. The van der Waals surface area contributed by atoms with Crippen LogP contribution in [-0.2, 0) is 4.79 Å². The highest BCUT2D eigenvalue weighted by Gasteiger charge is 2.41. The Morgan fingerprint density at radius 1 is 1.07 bits per heavy atom. The second kappa shape index (κ2) is 14.1. The summed E-state index contributed by atoms with van der Waals surface area (Å²) in [5.41, 5.74) is 9.20. The zero-order valence-electron chi connectivity index (χ0n) is 23.6. The van der Waals surface area contributed by atoms with Gasteiger partial charge in [0, 0.05) is 36.2 Å². The minimum Gasteiger partial charge on any atom is -0.493 e. The molecule has 2 aliphatic rings. The molecule has 214 valence electrons. The van der Waals surface area contributed by atoms with Gasteiger partial charge in [0.05, 0.1) is 31.6 Å². The van der Waals surface area contributed by atoms with E-state index in [1.807, 2.05) is 24.3 Å². The number of benzene rings is 2. The average molecular weight is 548 g/mol. The fourth-order valence-corrected chi connectivity index (χ4v) is 5.73. The second-order valence-electron chi connectivity index (χ2n) is 10.6. The number of nitrogens with two attached hydrogens (primary N) is 1. The van der Waals surface area contributed by atoms with Gasteiger partial charge in [0.2, 0.25) is 5.91 Å². The van der Waals surface area contributed by atoms with E-state index in [9.17, 15) is 9.90 Å². The van der Waals surface area contributed by atoms with Crippen LogP contribution in [0.3, 0.4) is 0 Å². The molecule has 0 saturated heterocycles. The van der Waals surface area contributed by atoms with E-state index in [-0.39, 0.29) is 17.7 Å². The number of hydrogen-bond donors (Lipinski definition) is 3. The largest absolute Gasteiger partial charge is 0.493 e. The van der Waals surface area contributed by atoms with E-state index in [0.29, 0.717) is 41.4 Å². The molecule has 1 aliphatic heterocycles. The monoisotopic (exact) mass is 547 g/mol. The number of aliphatic hydroxyl groups is 1. The third-order valence-corrected chi connectivity index (χ3v) is 7.99. The van der Waals surface area contributed by atoms with Crippen molar-refractivity contribution in [3.63, 3.8) is 0 Å². The Morgan fingerprint density at radius 2 is 1.82 bits per heavy atom. The molecule has 4 rings (SSSR count). The molecule has 1 amide bonds. The summed E-state index contributed by atoms with van der Waals surface area (Å²) < 4.78 is 10.9. The molecule has 0 bridgehead atoms. The molecule has 0 aromatic heterocycles. The van der Waals surface area contributed by atoms with E-state index in [2.05, 4.69) is 5.32 Å². The lowest BCUT2D eigenvalue weighted by Crippen LogP contribution is -2.46. The first-order chi connectivity index (χ1) is 19.5. The lowest BCUT2D eigenvalue weighted by molar-refractivity contribution is -0.139. The minimum absolute atomic E-state index is 0.00438. The van der Waals surface area contributed by atoms with Crippen molar-refractivity contribution in [1.29, 1.82) is 5.26 Å². The molecule has 0 spiro atoms. The van der Waals surface area contributed by atoms with E-state index < -0.39 is 6.10 Å². The summed E-state index contributed by atoms with van der Waals surface area (Å²) in [4.78, 5) is 13.3. The van der Waals surface area contributed by atoms with Crippen LogP contribution in [0.4, 0.5) is 5.69 Å². The van der Waals surface area contributed by atoms with Crippen LogP contribution in [0.5, 0.6) is 11.5 Å². The highest BCUT2D eigenvalue weighted by atomic mass is 16.5. The molecule has 3 atom stereocenters. The number of methoxy groups -OCH3 is 2. The Bertz CT molecular complexity index is 1240. The fraction of sp³-hybridized carbons (Fsp3) is 0.516. The molecule has 2 aromatic carbocycles. The lowest BCUT2D eigenvalue weighted by atomic mass is 9.73. The quantitative estimate of drug-likeness (QED) is 0.250. The van der Waals surface area contributed by atoms with Gasteiger partial charge in [-0.2, -0.15) is 10.4 Å². The molecule has 2 aromatic rings. The van der Waals surface area contributed by atoms with Crippen LogP contribution in [-0.4, -0.2) is 55.6 Å². The molecule has 0 radical (unpaired) electrons. The van der Waals surface area contributed by atoms with Crippen molar-refractivity contribution < 1.29 is 19.4 Å². The molecule has 9 nitrogen and oxygen atoms in total. The number of ether oxygens (including phenoxy) is 2. The number of amides is 1. The maximum Gasteiger partial charge on any atom is 0.246 e. The minimum atomic E-state index is -0.695. The first-order valence-corrected chi connectivity index (χ1v) is 14.3. The Balaban J connectivity index is 1.26. The van der Waals surface area contributed by atoms with Crippen LogP contribution in [0.1, 0.15) is 74.2 Å². The summed E-state index contributed by atoms with van der Waals surface area (Å²) in [6, 6.07) is 13.0. The SMILES string of the molecule is COc1ccc(C2=NN(CCCCCCNCC(O)c3ccc(N)c(C#N)c3)C(=O)[C@H]3CCCC[C@@H]23)cc1OC. The van der Waals surface area contributed by atoms with Crippen molar-refractivity contribution in [3.8, 4) is 17.6 Å². The molecule has 1 heterocycles. The van der Waals surface area contributed by atoms with Gasteiger partial charge in [-0.15, -0.1) is 0 Å². The van der Waals surface area contributed by atoms with Gasteiger partial charge in [0.1, 0.15) is 6.07 Å². The van der Waals surface area contributed by atoms with E-state index in [1.54, 1.807) is 37.4 Å². The van der Waals surface area contributed by atoms with Gasteiger partial charge < -0.3 is 25.6 Å². The highest BCUT2D eigenvalue weighted by molar-refractivity contribution is 6.07.